The van der Waals surface area contributed by atoms with Crippen molar-refractivity contribution in [1.82, 2.24) is 14.5 Å². The number of aromatic nitrogens is 2. The van der Waals surface area contributed by atoms with Crippen LogP contribution in [0.3, 0.4) is 0 Å². The minimum atomic E-state index is -0.457. The minimum absolute atomic E-state index is 0.217. The molecular formula is C21H31N3O3. The van der Waals surface area contributed by atoms with Crippen molar-refractivity contribution in [2.45, 2.75) is 58.6 Å². The highest BCUT2D eigenvalue weighted by molar-refractivity contribution is 5.76. The number of imidazole rings is 1. The van der Waals surface area contributed by atoms with E-state index in [2.05, 4.69) is 22.8 Å². The molecule has 0 bridgehead atoms. The molecule has 1 amide bonds. The van der Waals surface area contributed by atoms with Crippen LogP contribution >= 0.6 is 0 Å². The smallest absolute Gasteiger partial charge is 0.410 e. The molecule has 6 nitrogen and oxygen atoms in total. The largest absolute Gasteiger partial charge is 0.444 e. The van der Waals surface area contributed by atoms with E-state index < -0.39 is 5.60 Å². The molecule has 0 saturated carbocycles. The summed E-state index contributed by atoms with van der Waals surface area (Å²) in [5.74, 6) is 1.46. The number of benzene rings is 1. The predicted octanol–water partition coefficient (Wildman–Crippen LogP) is 4.19. The summed E-state index contributed by atoms with van der Waals surface area (Å²) in [6, 6.07) is 8.26. The van der Waals surface area contributed by atoms with Crippen LogP contribution in [0, 0.1) is 0 Å². The van der Waals surface area contributed by atoms with Crippen molar-refractivity contribution in [1.29, 1.82) is 0 Å². The van der Waals surface area contributed by atoms with Gasteiger partial charge in [-0.1, -0.05) is 12.1 Å². The third-order valence-electron chi connectivity index (χ3n) is 4.86. The summed E-state index contributed by atoms with van der Waals surface area (Å²) in [5, 5.41) is 0. The molecule has 148 valence electrons. The molecule has 1 aromatic carbocycles. The van der Waals surface area contributed by atoms with Crippen LogP contribution in [0.2, 0.25) is 0 Å². The monoisotopic (exact) mass is 373 g/mol. The van der Waals surface area contributed by atoms with Gasteiger partial charge in [-0.2, -0.15) is 0 Å². The Morgan fingerprint density at radius 3 is 2.59 bits per heavy atom. The van der Waals surface area contributed by atoms with Crippen LogP contribution in [0.4, 0.5) is 4.79 Å². The Kier molecular flexibility index (Phi) is 6.05. The van der Waals surface area contributed by atoms with Crippen molar-refractivity contribution in [3.05, 3.63) is 30.1 Å². The number of hydrogen-bond donors (Lipinski definition) is 0. The molecule has 6 heteroatoms. The number of piperidine rings is 1. The molecule has 1 fully saturated rings. The minimum Gasteiger partial charge on any atom is -0.444 e. The number of likely N-dealkylation sites (tertiary alicyclic amines) is 1. The maximum atomic E-state index is 12.3. The molecular weight excluding hydrogens is 342 g/mol. The summed E-state index contributed by atoms with van der Waals surface area (Å²) < 4.78 is 13.4. The first-order valence-electron chi connectivity index (χ1n) is 9.90. The van der Waals surface area contributed by atoms with Gasteiger partial charge in [-0.3, -0.25) is 0 Å². The van der Waals surface area contributed by atoms with Gasteiger partial charge in [0.05, 0.1) is 17.6 Å². The summed E-state index contributed by atoms with van der Waals surface area (Å²) >= 11 is 0. The van der Waals surface area contributed by atoms with E-state index in [1.165, 1.54) is 0 Å². The van der Waals surface area contributed by atoms with E-state index >= 15 is 0 Å². The second-order valence-electron chi connectivity index (χ2n) is 8.05. The van der Waals surface area contributed by atoms with E-state index in [0.717, 1.165) is 42.9 Å². The number of ether oxygens (including phenoxy) is 2. The van der Waals surface area contributed by atoms with Crippen LogP contribution in [-0.4, -0.2) is 52.4 Å². The average Bonchev–Trinajstić information content (AvgIpc) is 2.99. The number of para-hydroxylation sites is 2. The summed E-state index contributed by atoms with van der Waals surface area (Å²) in [6.07, 6.45) is 1.58. The Bertz CT molecular complexity index is 771. The number of nitrogens with zero attached hydrogens (tertiary/aromatic N) is 3. The molecule has 0 aliphatic carbocycles. The lowest BCUT2D eigenvalue weighted by atomic mass is 9.96. The van der Waals surface area contributed by atoms with Crippen molar-refractivity contribution in [2.75, 3.05) is 26.3 Å². The number of rotatable bonds is 5. The molecule has 1 aliphatic heterocycles. The number of carbonyl (C=O) groups excluding carboxylic acids is 1. The summed E-state index contributed by atoms with van der Waals surface area (Å²) in [6.45, 7) is 11.3. The van der Waals surface area contributed by atoms with Gasteiger partial charge in [0.2, 0.25) is 0 Å². The van der Waals surface area contributed by atoms with Gasteiger partial charge in [-0.05, 0) is 52.7 Å². The van der Waals surface area contributed by atoms with E-state index in [1.807, 2.05) is 38.7 Å². The molecule has 0 radical (unpaired) electrons. The van der Waals surface area contributed by atoms with Crippen LogP contribution in [0.1, 0.15) is 52.3 Å². The van der Waals surface area contributed by atoms with E-state index in [1.54, 1.807) is 0 Å². The van der Waals surface area contributed by atoms with E-state index in [0.29, 0.717) is 25.6 Å². The third-order valence-corrected chi connectivity index (χ3v) is 4.86. The molecule has 2 heterocycles. The highest BCUT2D eigenvalue weighted by Gasteiger charge is 2.29. The van der Waals surface area contributed by atoms with Crippen LogP contribution < -0.4 is 0 Å². The SMILES string of the molecule is CCOCCn1c(C2CCN(C(=O)OC(C)(C)C)CC2)nc2ccccc21. The maximum Gasteiger partial charge on any atom is 0.410 e. The highest BCUT2D eigenvalue weighted by atomic mass is 16.6. The van der Waals surface area contributed by atoms with Gasteiger partial charge in [-0.15, -0.1) is 0 Å². The van der Waals surface area contributed by atoms with Gasteiger partial charge >= 0.3 is 6.09 Å². The number of amides is 1. The fourth-order valence-electron chi connectivity index (χ4n) is 3.59. The van der Waals surface area contributed by atoms with Gasteiger partial charge in [0, 0.05) is 32.2 Å². The van der Waals surface area contributed by atoms with Crippen molar-refractivity contribution in [2.24, 2.45) is 0 Å². The summed E-state index contributed by atoms with van der Waals surface area (Å²) in [5.41, 5.74) is 1.72. The molecule has 1 aliphatic rings. The Balaban J connectivity index is 1.73. The van der Waals surface area contributed by atoms with Gasteiger partial charge in [-0.25, -0.2) is 9.78 Å². The fourth-order valence-corrected chi connectivity index (χ4v) is 3.59. The van der Waals surface area contributed by atoms with Crippen molar-refractivity contribution >= 4 is 17.1 Å². The molecule has 1 saturated heterocycles. The van der Waals surface area contributed by atoms with Gasteiger partial charge < -0.3 is 18.9 Å². The predicted molar refractivity (Wildman–Crippen MR) is 106 cm³/mol. The Morgan fingerprint density at radius 2 is 1.93 bits per heavy atom. The number of fused-ring (bicyclic) bond motifs is 1. The van der Waals surface area contributed by atoms with Crippen LogP contribution in [0.25, 0.3) is 11.0 Å². The van der Waals surface area contributed by atoms with E-state index in [4.69, 9.17) is 14.5 Å². The van der Waals surface area contributed by atoms with Gasteiger partial charge in [0.25, 0.3) is 0 Å². The van der Waals surface area contributed by atoms with E-state index in [9.17, 15) is 4.79 Å². The maximum absolute atomic E-state index is 12.3. The highest BCUT2D eigenvalue weighted by Crippen LogP contribution is 2.30. The standard InChI is InChI=1S/C21H31N3O3/c1-5-26-15-14-24-18-9-7-6-8-17(18)22-19(24)16-10-12-23(13-11-16)20(25)27-21(2,3)4/h6-9,16H,5,10-15H2,1-4H3. The molecule has 2 aromatic rings. The third kappa shape index (κ3) is 4.80. The van der Waals surface area contributed by atoms with Crippen molar-refractivity contribution in [3.8, 4) is 0 Å². The fraction of sp³-hybridized carbons (Fsp3) is 0.619. The molecule has 0 unspecified atom stereocenters. The van der Waals surface area contributed by atoms with Gasteiger partial charge in [0.15, 0.2) is 0 Å². The normalized spacial score (nSPS) is 16.1. The molecule has 1 aromatic heterocycles. The zero-order valence-corrected chi connectivity index (χ0v) is 16.9. The second kappa shape index (κ2) is 8.30. The van der Waals surface area contributed by atoms with E-state index in [-0.39, 0.29) is 6.09 Å². The van der Waals surface area contributed by atoms with Crippen molar-refractivity contribution < 1.29 is 14.3 Å². The molecule has 27 heavy (non-hydrogen) atoms. The molecule has 3 rings (SSSR count). The Labute approximate surface area is 161 Å². The van der Waals surface area contributed by atoms with Gasteiger partial charge in [0.1, 0.15) is 11.4 Å². The van der Waals surface area contributed by atoms with Crippen LogP contribution in [0.15, 0.2) is 24.3 Å². The summed E-state index contributed by atoms with van der Waals surface area (Å²) in [4.78, 5) is 19.0. The molecule has 0 N–H and O–H groups in total. The first-order valence-corrected chi connectivity index (χ1v) is 9.90. The Morgan fingerprint density at radius 1 is 1.22 bits per heavy atom. The second-order valence-corrected chi connectivity index (χ2v) is 8.05. The van der Waals surface area contributed by atoms with Crippen LogP contribution in [-0.2, 0) is 16.0 Å². The average molecular weight is 373 g/mol. The molecule has 0 spiro atoms. The summed E-state index contributed by atoms with van der Waals surface area (Å²) in [7, 11) is 0. The van der Waals surface area contributed by atoms with Crippen LogP contribution in [0.5, 0.6) is 0 Å². The lowest BCUT2D eigenvalue weighted by molar-refractivity contribution is 0.0202. The number of carbonyl (C=O) groups is 1. The first-order chi connectivity index (χ1) is 12.9. The first kappa shape index (κ1) is 19.7. The lowest BCUT2D eigenvalue weighted by Crippen LogP contribution is -2.41. The lowest BCUT2D eigenvalue weighted by Gasteiger charge is -2.33. The zero-order valence-electron chi connectivity index (χ0n) is 16.9. The zero-order chi connectivity index (χ0) is 19.4. The molecule has 0 atom stereocenters. The topological polar surface area (TPSA) is 56.6 Å². The van der Waals surface area contributed by atoms with Crippen molar-refractivity contribution in [3.63, 3.8) is 0 Å². The Hall–Kier alpha value is -2.08. The quantitative estimate of drug-likeness (QED) is 0.738. The number of hydrogen-bond acceptors (Lipinski definition) is 4.